The van der Waals surface area contributed by atoms with Gasteiger partial charge in [-0.15, -0.1) is 0 Å². The van der Waals surface area contributed by atoms with Gasteiger partial charge < -0.3 is 4.98 Å². The lowest BCUT2D eigenvalue weighted by Crippen LogP contribution is -2.08. The van der Waals surface area contributed by atoms with E-state index in [2.05, 4.69) is 9.97 Å². The van der Waals surface area contributed by atoms with E-state index in [1.165, 1.54) is 6.07 Å². The zero-order valence-electron chi connectivity index (χ0n) is 8.42. The number of nitrogens with zero attached hydrogens (tertiary/aromatic N) is 1. The van der Waals surface area contributed by atoms with Crippen LogP contribution >= 0.6 is 23.2 Å². The van der Waals surface area contributed by atoms with Gasteiger partial charge in [0, 0.05) is 22.3 Å². The molecule has 0 unspecified atom stereocenters. The second kappa shape index (κ2) is 4.28. The molecule has 0 aliphatic carbocycles. The Kier molecular flexibility index (Phi) is 2.99. The van der Waals surface area contributed by atoms with Gasteiger partial charge in [-0.2, -0.15) is 0 Å². The molecule has 0 saturated carbocycles. The van der Waals surface area contributed by atoms with Crippen molar-refractivity contribution in [3.05, 3.63) is 50.4 Å². The lowest BCUT2D eigenvalue weighted by atomic mass is 10.2. The predicted molar refractivity (Wildman–Crippen MR) is 65.1 cm³/mol. The summed E-state index contributed by atoms with van der Waals surface area (Å²) in [4.78, 5) is 18.1. The Bertz CT molecular complexity index is 593. The minimum atomic E-state index is -0.200. The summed E-state index contributed by atoms with van der Waals surface area (Å²) < 4.78 is 0. The molecule has 1 N–H and O–H groups in total. The van der Waals surface area contributed by atoms with E-state index < -0.39 is 0 Å². The number of halogens is 2. The van der Waals surface area contributed by atoms with Crippen LogP contribution in [-0.2, 0) is 0 Å². The quantitative estimate of drug-likeness (QED) is 0.851. The maximum Gasteiger partial charge on any atom is 0.251 e. The number of hydrogen-bond donors (Lipinski definition) is 1. The van der Waals surface area contributed by atoms with E-state index in [-0.39, 0.29) is 5.56 Å². The van der Waals surface area contributed by atoms with E-state index in [1.54, 1.807) is 25.1 Å². The van der Waals surface area contributed by atoms with Crippen LogP contribution in [0.25, 0.3) is 11.4 Å². The van der Waals surface area contributed by atoms with Crippen LogP contribution in [0.1, 0.15) is 5.69 Å². The first-order valence-electron chi connectivity index (χ1n) is 4.59. The molecule has 0 aliphatic rings. The molecular weight excluding hydrogens is 247 g/mol. The Hall–Kier alpha value is -1.32. The van der Waals surface area contributed by atoms with E-state index in [4.69, 9.17) is 23.2 Å². The molecule has 0 saturated heterocycles. The molecule has 3 nitrogen and oxygen atoms in total. The summed E-state index contributed by atoms with van der Waals surface area (Å²) >= 11 is 11.8. The van der Waals surface area contributed by atoms with Crippen molar-refractivity contribution in [2.45, 2.75) is 6.92 Å². The van der Waals surface area contributed by atoms with E-state index >= 15 is 0 Å². The Balaban J connectivity index is 2.63. The molecular formula is C11H8Cl2N2O. The van der Waals surface area contributed by atoms with Crippen LogP contribution in [0.15, 0.2) is 29.1 Å². The van der Waals surface area contributed by atoms with Crippen molar-refractivity contribution in [1.82, 2.24) is 9.97 Å². The van der Waals surface area contributed by atoms with Crippen LogP contribution in [0.5, 0.6) is 0 Å². The fraction of sp³-hybridized carbons (Fsp3) is 0.0909. The third kappa shape index (κ3) is 2.26. The van der Waals surface area contributed by atoms with E-state index in [9.17, 15) is 4.79 Å². The minimum absolute atomic E-state index is 0.200. The van der Waals surface area contributed by atoms with Gasteiger partial charge in [-0.05, 0) is 25.1 Å². The van der Waals surface area contributed by atoms with E-state index in [1.807, 2.05) is 0 Å². The van der Waals surface area contributed by atoms with Gasteiger partial charge in [0.25, 0.3) is 5.56 Å². The van der Waals surface area contributed by atoms with Crippen molar-refractivity contribution in [3.8, 4) is 11.4 Å². The molecule has 0 bridgehead atoms. The minimum Gasteiger partial charge on any atom is -0.306 e. The number of aromatic amines is 1. The summed E-state index contributed by atoms with van der Waals surface area (Å²) in [6.45, 7) is 1.75. The summed E-state index contributed by atoms with van der Waals surface area (Å²) in [5, 5.41) is 1.00. The van der Waals surface area contributed by atoms with Gasteiger partial charge in [0.2, 0.25) is 0 Å². The number of rotatable bonds is 1. The normalized spacial score (nSPS) is 10.4. The molecule has 1 heterocycles. The van der Waals surface area contributed by atoms with Crippen molar-refractivity contribution < 1.29 is 0 Å². The summed E-state index contributed by atoms with van der Waals surface area (Å²) in [5.41, 5.74) is 1.10. The SMILES string of the molecule is Cc1cc(=O)[nH]c(-c2ccc(Cl)cc2Cl)n1. The van der Waals surface area contributed by atoms with Crippen molar-refractivity contribution >= 4 is 23.2 Å². The second-order valence-electron chi connectivity index (χ2n) is 3.36. The fourth-order valence-corrected chi connectivity index (χ4v) is 1.89. The highest BCUT2D eigenvalue weighted by Gasteiger charge is 2.07. The highest BCUT2D eigenvalue weighted by molar-refractivity contribution is 6.36. The van der Waals surface area contributed by atoms with Crippen LogP contribution in [-0.4, -0.2) is 9.97 Å². The summed E-state index contributed by atoms with van der Waals surface area (Å²) in [7, 11) is 0. The Morgan fingerprint density at radius 3 is 2.62 bits per heavy atom. The lowest BCUT2D eigenvalue weighted by molar-refractivity contribution is 1.07. The number of benzene rings is 1. The van der Waals surface area contributed by atoms with E-state index in [0.29, 0.717) is 27.1 Å². The number of H-pyrrole nitrogens is 1. The Morgan fingerprint density at radius 2 is 2.00 bits per heavy atom. The van der Waals surface area contributed by atoms with Crippen LogP contribution in [0.4, 0.5) is 0 Å². The molecule has 5 heteroatoms. The summed E-state index contributed by atoms with van der Waals surface area (Å²) in [6.07, 6.45) is 0. The smallest absolute Gasteiger partial charge is 0.251 e. The molecule has 1 aromatic carbocycles. The summed E-state index contributed by atoms with van der Waals surface area (Å²) in [5.74, 6) is 0.451. The Morgan fingerprint density at radius 1 is 1.25 bits per heavy atom. The summed E-state index contributed by atoms with van der Waals surface area (Å²) in [6, 6.07) is 6.46. The number of aryl methyl sites for hydroxylation is 1. The molecule has 16 heavy (non-hydrogen) atoms. The molecule has 1 aromatic heterocycles. The van der Waals surface area contributed by atoms with Crippen molar-refractivity contribution in [1.29, 1.82) is 0 Å². The molecule has 0 atom stereocenters. The molecule has 82 valence electrons. The van der Waals surface area contributed by atoms with Gasteiger partial charge in [-0.3, -0.25) is 4.79 Å². The Labute approximate surface area is 102 Å². The predicted octanol–water partition coefficient (Wildman–Crippen LogP) is 3.05. The van der Waals surface area contributed by atoms with Crippen LogP contribution in [0.2, 0.25) is 10.0 Å². The zero-order chi connectivity index (χ0) is 11.7. The van der Waals surface area contributed by atoms with Crippen molar-refractivity contribution in [3.63, 3.8) is 0 Å². The lowest BCUT2D eigenvalue weighted by Gasteiger charge is -2.04. The van der Waals surface area contributed by atoms with Gasteiger partial charge in [0.15, 0.2) is 0 Å². The first-order chi connectivity index (χ1) is 7.56. The van der Waals surface area contributed by atoms with Gasteiger partial charge in [-0.1, -0.05) is 23.2 Å². The fourth-order valence-electron chi connectivity index (χ4n) is 1.39. The monoisotopic (exact) mass is 254 g/mol. The molecule has 0 spiro atoms. The van der Waals surface area contributed by atoms with Crippen LogP contribution in [0.3, 0.4) is 0 Å². The van der Waals surface area contributed by atoms with Crippen LogP contribution in [0, 0.1) is 6.92 Å². The largest absolute Gasteiger partial charge is 0.306 e. The first kappa shape index (κ1) is 11.2. The number of hydrogen-bond acceptors (Lipinski definition) is 2. The zero-order valence-corrected chi connectivity index (χ0v) is 9.93. The molecule has 0 radical (unpaired) electrons. The molecule has 0 amide bonds. The molecule has 0 fully saturated rings. The van der Waals surface area contributed by atoms with Crippen LogP contribution < -0.4 is 5.56 Å². The first-order valence-corrected chi connectivity index (χ1v) is 5.35. The average molecular weight is 255 g/mol. The average Bonchev–Trinajstić information content (AvgIpc) is 2.15. The van der Waals surface area contributed by atoms with Gasteiger partial charge in [-0.25, -0.2) is 4.98 Å². The van der Waals surface area contributed by atoms with Gasteiger partial charge in [0.05, 0.1) is 5.02 Å². The number of aromatic nitrogens is 2. The highest BCUT2D eigenvalue weighted by atomic mass is 35.5. The topological polar surface area (TPSA) is 45.8 Å². The van der Waals surface area contributed by atoms with Gasteiger partial charge >= 0.3 is 0 Å². The molecule has 2 rings (SSSR count). The second-order valence-corrected chi connectivity index (χ2v) is 4.20. The number of nitrogens with one attached hydrogen (secondary N) is 1. The standard InChI is InChI=1S/C11H8Cl2N2O/c1-6-4-10(16)15-11(14-6)8-3-2-7(12)5-9(8)13/h2-5H,1H3,(H,14,15,16). The van der Waals surface area contributed by atoms with Gasteiger partial charge in [0.1, 0.15) is 5.82 Å². The third-order valence-electron chi connectivity index (χ3n) is 2.06. The van der Waals surface area contributed by atoms with Crippen molar-refractivity contribution in [2.75, 3.05) is 0 Å². The molecule has 2 aromatic rings. The highest BCUT2D eigenvalue weighted by Crippen LogP contribution is 2.27. The van der Waals surface area contributed by atoms with E-state index in [0.717, 1.165) is 0 Å². The third-order valence-corrected chi connectivity index (χ3v) is 2.60. The van der Waals surface area contributed by atoms with Crippen molar-refractivity contribution in [2.24, 2.45) is 0 Å². The maximum atomic E-state index is 11.3. The molecule has 0 aliphatic heterocycles. The maximum absolute atomic E-state index is 11.3.